The Bertz CT molecular complexity index is 505. The van der Waals surface area contributed by atoms with Crippen LogP contribution in [-0.4, -0.2) is 39.4 Å². The molecular weight excluding hydrogens is 266 g/mol. The summed E-state index contributed by atoms with van der Waals surface area (Å²) in [6, 6.07) is 0. The first-order valence-electron chi connectivity index (χ1n) is 6.25. The number of rotatable bonds is 3. The van der Waals surface area contributed by atoms with Crippen molar-refractivity contribution < 1.29 is 29.3 Å². The Morgan fingerprint density at radius 2 is 1.85 bits per heavy atom. The Morgan fingerprint density at radius 1 is 1.25 bits per heavy atom. The molecule has 0 heterocycles. The summed E-state index contributed by atoms with van der Waals surface area (Å²) in [5, 5.41) is 20.7. The van der Waals surface area contributed by atoms with Gasteiger partial charge in [-0.05, 0) is 26.7 Å². The van der Waals surface area contributed by atoms with Gasteiger partial charge >= 0.3 is 18.0 Å². The third-order valence-corrected chi connectivity index (χ3v) is 3.53. The molecule has 1 saturated carbocycles. The fourth-order valence-electron chi connectivity index (χ4n) is 2.72. The number of carbonyl (C=O) groups is 3. The monoisotopic (exact) mass is 283 g/mol. The van der Waals surface area contributed by atoms with E-state index in [1.807, 2.05) is 0 Å². The molecule has 0 unspecified atom stereocenters. The summed E-state index contributed by atoms with van der Waals surface area (Å²) in [6.07, 6.45) is 2.00. The number of carboxylic acid groups (broad SMARTS) is 2. The molecule has 7 nitrogen and oxygen atoms in total. The number of hydrogen-bond donors (Lipinski definition) is 3. The highest BCUT2D eigenvalue weighted by molar-refractivity contribution is 5.91. The lowest BCUT2D eigenvalue weighted by Gasteiger charge is -2.28. The SMILES string of the molecule is CC(C)(C)OC(=O)N[C@@]1(C(=O)O)C=C[C@H]2[C@H](C(=O)O)[C@H]21. The summed E-state index contributed by atoms with van der Waals surface area (Å²) in [5.41, 5.74) is -2.46. The number of hydrogen-bond acceptors (Lipinski definition) is 4. The first kappa shape index (κ1) is 14.4. The quantitative estimate of drug-likeness (QED) is 0.662. The number of allylic oxidation sites excluding steroid dienone is 1. The summed E-state index contributed by atoms with van der Waals surface area (Å²) in [7, 11) is 0. The largest absolute Gasteiger partial charge is 0.481 e. The van der Waals surface area contributed by atoms with Gasteiger partial charge in [0, 0.05) is 5.92 Å². The van der Waals surface area contributed by atoms with Gasteiger partial charge in [0.1, 0.15) is 5.60 Å². The van der Waals surface area contributed by atoms with E-state index < -0.39 is 41.0 Å². The van der Waals surface area contributed by atoms with Crippen LogP contribution in [0, 0.1) is 17.8 Å². The zero-order valence-corrected chi connectivity index (χ0v) is 11.4. The van der Waals surface area contributed by atoms with Crippen LogP contribution in [0.15, 0.2) is 12.2 Å². The first-order chi connectivity index (χ1) is 9.08. The molecule has 0 aromatic carbocycles. The Hall–Kier alpha value is -2.05. The minimum Gasteiger partial charge on any atom is -0.481 e. The predicted molar refractivity (Wildman–Crippen MR) is 67.0 cm³/mol. The number of nitrogens with one attached hydrogen (secondary N) is 1. The van der Waals surface area contributed by atoms with E-state index in [2.05, 4.69) is 5.32 Å². The van der Waals surface area contributed by atoms with Crippen molar-refractivity contribution in [2.75, 3.05) is 0 Å². The lowest BCUT2D eigenvalue weighted by atomic mass is 9.93. The van der Waals surface area contributed by atoms with Gasteiger partial charge in [0.05, 0.1) is 5.92 Å². The lowest BCUT2D eigenvalue weighted by molar-refractivity contribution is -0.144. The number of carboxylic acids is 2. The highest BCUT2D eigenvalue weighted by Gasteiger charge is 2.69. The van der Waals surface area contributed by atoms with E-state index in [1.165, 1.54) is 12.2 Å². The van der Waals surface area contributed by atoms with Gasteiger partial charge in [-0.2, -0.15) is 0 Å². The second-order valence-corrected chi connectivity index (χ2v) is 6.13. The second-order valence-electron chi connectivity index (χ2n) is 6.13. The molecule has 1 fully saturated rings. The van der Waals surface area contributed by atoms with Gasteiger partial charge in [0.15, 0.2) is 5.54 Å². The average molecular weight is 283 g/mol. The molecule has 0 saturated heterocycles. The molecular formula is C13H17NO6. The van der Waals surface area contributed by atoms with E-state index in [9.17, 15) is 19.5 Å². The minimum absolute atomic E-state index is 0.349. The maximum atomic E-state index is 11.8. The second kappa shape index (κ2) is 4.22. The van der Waals surface area contributed by atoms with Crippen LogP contribution < -0.4 is 5.32 Å². The zero-order valence-electron chi connectivity index (χ0n) is 11.4. The fourth-order valence-corrected chi connectivity index (χ4v) is 2.72. The van der Waals surface area contributed by atoms with Gasteiger partial charge in [-0.25, -0.2) is 9.59 Å². The molecule has 3 N–H and O–H groups in total. The van der Waals surface area contributed by atoms with E-state index in [0.717, 1.165) is 0 Å². The number of ether oxygens (including phenoxy) is 1. The third-order valence-electron chi connectivity index (χ3n) is 3.53. The maximum Gasteiger partial charge on any atom is 0.408 e. The van der Waals surface area contributed by atoms with Crippen LogP contribution in [0.3, 0.4) is 0 Å². The Labute approximate surface area is 115 Å². The van der Waals surface area contributed by atoms with Gasteiger partial charge in [-0.3, -0.25) is 4.79 Å². The number of amides is 1. The van der Waals surface area contributed by atoms with Gasteiger partial charge in [-0.1, -0.05) is 12.2 Å². The molecule has 4 atom stereocenters. The molecule has 0 spiro atoms. The van der Waals surface area contributed by atoms with Crippen LogP contribution in [0.2, 0.25) is 0 Å². The molecule has 2 aliphatic rings. The smallest absolute Gasteiger partial charge is 0.408 e. The molecule has 0 aromatic rings. The topological polar surface area (TPSA) is 113 Å². The third kappa shape index (κ3) is 2.23. The van der Waals surface area contributed by atoms with Gasteiger partial charge < -0.3 is 20.3 Å². The molecule has 2 rings (SSSR count). The van der Waals surface area contributed by atoms with Crippen molar-refractivity contribution >= 4 is 18.0 Å². The molecule has 0 aliphatic heterocycles. The van der Waals surface area contributed by atoms with E-state index in [-0.39, 0.29) is 5.92 Å². The molecule has 7 heteroatoms. The molecule has 2 aliphatic carbocycles. The number of fused-ring (bicyclic) bond motifs is 1. The van der Waals surface area contributed by atoms with Crippen molar-refractivity contribution in [2.45, 2.75) is 31.9 Å². The Kier molecular flexibility index (Phi) is 3.03. The highest BCUT2D eigenvalue weighted by Crippen LogP contribution is 2.58. The van der Waals surface area contributed by atoms with E-state index in [4.69, 9.17) is 9.84 Å². The Balaban J connectivity index is 2.17. The lowest BCUT2D eigenvalue weighted by Crippen LogP contribution is -2.56. The fraction of sp³-hybridized carbons (Fsp3) is 0.615. The van der Waals surface area contributed by atoms with E-state index in [1.54, 1.807) is 20.8 Å². The summed E-state index contributed by atoms with van der Waals surface area (Å²) in [5.74, 6) is -4.12. The molecule has 0 radical (unpaired) electrons. The molecule has 0 aromatic heterocycles. The van der Waals surface area contributed by atoms with Crippen LogP contribution in [0.25, 0.3) is 0 Å². The van der Waals surface area contributed by atoms with Gasteiger partial charge in [0.2, 0.25) is 0 Å². The van der Waals surface area contributed by atoms with Crippen LogP contribution >= 0.6 is 0 Å². The number of alkyl carbamates (subject to hydrolysis) is 1. The van der Waals surface area contributed by atoms with E-state index in [0.29, 0.717) is 0 Å². The van der Waals surface area contributed by atoms with Crippen LogP contribution in [0.1, 0.15) is 20.8 Å². The normalized spacial score (nSPS) is 34.2. The van der Waals surface area contributed by atoms with Gasteiger partial charge in [-0.15, -0.1) is 0 Å². The van der Waals surface area contributed by atoms with Crippen molar-refractivity contribution in [3.05, 3.63) is 12.2 Å². The number of aliphatic carboxylic acids is 2. The van der Waals surface area contributed by atoms with Crippen molar-refractivity contribution in [1.82, 2.24) is 5.32 Å². The van der Waals surface area contributed by atoms with Crippen molar-refractivity contribution in [3.63, 3.8) is 0 Å². The minimum atomic E-state index is -1.70. The summed E-state index contributed by atoms with van der Waals surface area (Å²) in [4.78, 5) is 34.3. The first-order valence-corrected chi connectivity index (χ1v) is 6.25. The van der Waals surface area contributed by atoms with Crippen molar-refractivity contribution in [3.8, 4) is 0 Å². The maximum absolute atomic E-state index is 11.8. The predicted octanol–water partition coefficient (Wildman–Crippen LogP) is 0.851. The van der Waals surface area contributed by atoms with Crippen LogP contribution in [-0.2, 0) is 14.3 Å². The zero-order chi connectivity index (χ0) is 15.3. The highest BCUT2D eigenvalue weighted by atomic mass is 16.6. The summed E-state index contributed by atoms with van der Waals surface area (Å²) < 4.78 is 5.04. The Morgan fingerprint density at radius 3 is 2.25 bits per heavy atom. The van der Waals surface area contributed by atoms with Gasteiger partial charge in [0.25, 0.3) is 0 Å². The molecule has 1 amide bonds. The summed E-state index contributed by atoms with van der Waals surface area (Å²) >= 11 is 0. The number of carbonyl (C=O) groups excluding carboxylic acids is 1. The average Bonchev–Trinajstić information content (AvgIpc) is 2.87. The van der Waals surface area contributed by atoms with Crippen molar-refractivity contribution in [1.29, 1.82) is 0 Å². The van der Waals surface area contributed by atoms with Crippen molar-refractivity contribution in [2.24, 2.45) is 17.8 Å². The molecule has 20 heavy (non-hydrogen) atoms. The van der Waals surface area contributed by atoms with Crippen LogP contribution in [0.4, 0.5) is 4.79 Å². The molecule has 110 valence electrons. The standard InChI is InChI=1S/C13H17NO6/c1-12(2,3)20-11(19)14-13(10(17)18)5-4-6-7(8(6)13)9(15)16/h4-8H,1-3H3,(H,14,19)(H,15,16)(H,17,18)/t6-,7-,8-,13-/m0/s1. The molecule has 0 bridgehead atoms. The van der Waals surface area contributed by atoms with E-state index >= 15 is 0 Å². The summed E-state index contributed by atoms with van der Waals surface area (Å²) in [6.45, 7) is 4.97. The van der Waals surface area contributed by atoms with Crippen LogP contribution in [0.5, 0.6) is 0 Å².